The van der Waals surface area contributed by atoms with Gasteiger partial charge in [0.25, 0.3) is 5.69 Å². The highest BCUT2D eigenvalue weighted by Crippen LogP contribution is 2.32. The summed E-state index contributed by atoms with van der Waals surface area (Å²) in [5, 5.41) is 30.1. The maximum absolute atomic E-state index is 12.4. The zero-order valence-electron chi connectivity index (χ0n) is 11.9. The summed E-state index contributed by atoms with van der Waals surface area (Å²) in [5.41, 5.74) is -0.539. The summed E-state index contributed by atoms with van der Waals surface area (Å²) < 4.78 is 0. The Morgan fingerprint density at radius 3 is 2.62 bits per heavy atom. The lowest BCUT2D eigenvalue weighted by molar-refractivity contribution is -0.384. The number of nitro benzene ring substituents is 1. The number of rotatable bonds is 4. The average molecular weight is 363 g/mol. The van der Waals surface area contributed by atoms with Crippen molar-refractivity contribution in [3.63, 3.8) is 0 Å². The molecule has 8 heteroatoms. The van der Waals surface area contributed by atoms with Crippen LogP contribution in [-0.4, -0.2) is 15.8 Å². The Kier molecular flexibility index (Phi) is 5.19. The number of phenols is 1. The number of carbonyl (C=O) groups excluding carboxylic acids is 1. The van der Waals surface area contributed by atoms with Crippen LogP contribution in [0.15, 0.2) is 42.0 Å². The molecule has 0 saturated heterocycles. The van der Waals surface area contributed by atoms with Gasteiger partial charge in [-0.05, 0) is 18.2 Å². The molecule has 0 fully saturated rings. The Bertz CT molecular complexity index is 917. The number of hydrogen-bond acceptors (Lipinski definition) is 5. The lowest BCUT2D eigenvalue weighted by Crippen LogP contribution is -2.03. The van der Waals surface area contributed by atoms with E-state index in [4.69, 9.17) is 23.2 Å². The molecule has 0 bridgehead atoms. The normalized spacial score (nSPS) is 11.0. The summed E-state index contributed by atoms with van der Waals surface area (Å²) in [6.45, 7) is 0. The molecule has 0 aliphatic heterocycles. The first kappa shape index (κ1) is 17.5. The van der Waals surface area contributed by atoms with Gasteiger partial charge in [-0.3, -0.25) is 14.9 Å². The molecule has 2 aromatic carbocycles. The van der Waals surface area contributed by atoms with Crippen molar-refractivity contribution in [1.82, 2.24) is 0 Å². The van der Waals surface area contributed by atoms with E-state index in [-0.39, 0.29) is 38.2 Å². The Hall–Kier alpha value is -2.88. The van der Waals surface area contributed by atoms with Crippen molar-refractivity contribution in [3.05, 3.63) is 73.3 Å². The van der Waals surface area contributed by atoms with Gasteiger partial charge in [0, 0.05) is 28.3 Å². The lowest BCUT2D eigenvalue weighted by atomic mass is 10.0. The molecule has 0 aliphatic rings. The summed E-state index contributed by atoms with van der Waals surface area (Å²) in [4.78, 5) is 22.5. The van der Waals surface area contributed by atoms with E-state index in [0.29, 0.717) is 0 Å². The minimum Gasteiger partial charge on any atom is -0.506 e. The molecular formula is C16H8Cl2N2O4. The van der Waals surface area contributed by atoms with Gasteiger partial charge in [0.05, 0.1) is 9.95 Å². The van der Waals surface area contributed by atoms with Crippen LogP contribution >= 0.6 is 23.2 Å². The number of allylic oxidation sites excluding steroid dienone is 1. The van der Waals surface area contributed by atoms with Gasteiger partial charge in [0.2, 0.25) is 5.78 Å². The van der Waals surface area contributed by atoms with Crippen molar-refractivity contribution >= 4 is 40.7 Å². The van der Waals surface area contributed by atoms with E-state index in [1.165, 1.54) is 30.3 Å². The quantitative estimate of drug-likeness (QED) is 0.285. The first-order chi connectivity index (χ1) is 11.3. The first-order valence-electron chi connectivity index (χ1n) is 6.42. The van der Waals surface area contributed by atoms with E-state index >= 15 is 0 Å². The molecule has 2 rings (SSSR count). The summed E-state index contributed by atoms with van der Waals surface area (Å²) in [6, 6.07) is 9.34. The number of ketones is 1. The standard InChI is InChI=1S/C16H8Cl2N2O4/c17-12-5-10(16(22)14(18)7-12)4-11(8-19)15(21)9-2-1-3-13(6-9)20(23)24/h1-7,22H/b11-4+. The van der Waals surface area contributed by atoms with E-state index in [1.807, 2.05) is 0 Å². The van der Waals surface area contributed by atoms with Crippen molar-refractivity contribution in [1.29, 1.82) is 5.26 Å². The van der Waals surface area contributed by atoms with Crippen LogP contribution in [-0.2, 0) is 0 Å². The number of aromatic hydroxyl groups is 1. The fourth-order valence-electron chi connectivity index (χ4n) is 1.92. The Morgan fingerprint density at radius 1 is 1.29 bits per heavy atom. The minimum absolute atomic E-state index is 0.0235. The molecule has 0 radical (unpaired) electrons. The van der Waals surface area contributed by atoms with Crippen LogP contribution in [0, 0.1) is 21.4 Å². The van der Waals surface area contributed by atoms with Gasteiger partial charge in [-0.1, -0.05) is 35.3 Å². The minimum atomic E-state index is -0.725. The largest absolute Gasteiger partial charge is 0.506 e. The Morgan fingerprint density at radius 2 is 2.00 bits per heavy atom. The molecule has 0 saturated carbocycles. The van der Waals surface area contributed by atoms with Crippen LogP contribution in [0.3, 0.4) is 0 Å². The predicted molar refractivity (Wildman–Crippen MR) is 89.1 cm³/mol. The number of Topliss-reactive ketones (excluding diaryl/α,β-unsaturated/α-hetero) is 1. The molecule has 6 nitrogen and oxygen atoms in total. The molecule has 0 atom stereocenters. The maximum Gasteiger partial charge on any atom is 0.270 e. The Balaban J connectivity index is 2.49. The van der Waals surface area contributed by atoms with Gasteiger partial charge in [-0.15, -0.1) is 0 Å². The zero-order chi connectivity index (χ0) is 17.9. The van der Waals surface area contributed by atoms with E-state index in [1.54, 1.807) is 6.07 Å². The van der Waals surface area contributed by atoms with Crippen molar-refractivity contribution in [2.75, 3.05) is 0 Å². The maximum atomic E-state index is 12.4. The van der Waals surface area contributed by atoms with Crippen LogP contribution in [0.2, 0.25) is 10.0 Å². The molecule has 0 unspecified atom stereocenters. The third kappa shape index (κ3) is 3.71. The number of carbonyl (C=O) groups is 1. The first-order valence-corrected chi connectivity index (χ1v) is 7.18. The number of halogens is 2. The van der Waals surface area contributed by atoms with Gasteiger partial charge in [-0.2, -0.15) is 5.26 Å². The van der Waals surface area contributed by atoms with Crippen molar-refractivity contribution < 1.29 is 14.8 Å². The third-order valence-electron chi connectivity index (χ3n) is 3.04. The SMILES string of the molecule is N#C/C(=C\c1cc(Cl)cc(Cl)c1O)C(=O)c1cccc([N+](=O)[O-])c1. The number of phenolic OH excluding ortho intramolecular Hbond substituents is 1. The second kappa shape index (κ2) is 7.13. The van der Waals surface area contributed by atoms with Crippen LogP contribution in [0.1, 0.15) is 15.9 Å². The highest BCUT2D eigenvalue weighted by molar-refractivity contribution is 6.36. The topological polar surface area (TPSA) is 104 Å². The molecule has 0 spiro atoms. The third-order valence-corrected chi connectivity index (χ3v) is 3.55. The molecule has 0 heterocycles. The molecule has 120 valence electrons. The summed E-state index contributed by atoms with van der Waals surface area (Å²) >= 11 is 11.6. The van der Waals surface area contributed by atoms with Gasteiger partial charge in [-0.25, -0.2) is 0 Å². The predicted octanol–water partition coefficient (Wildman–Crippen LogP) is 4.40. The molecule has 0 aliphatic carbocycles. The molecule has 2 aromatic rings. The highest BCUT2D eigenvalue weighted by atomic mass is 35.5. The lowest BCUT2D eigenvalue weighted by Gasteiger charge is -2.04. The number of nitro groups is 1. The fraction of sp³-hybridized carbons (Fsp3) is 0. The smallest absolute Gasteiger partial charge is 0.270 e. The highest BCUT2D eigenvalue weighted by Gasteiger charge is 2.17. The van der Waals surface area contributed by atoms with E-state index in [2.05, 4.69) is 0 Å². The van der Waals surface area contributed by atoms with Crippen LogP contribution < -0.4 is 0 Å². The van der Waals surface area contributed by atoms with Crippen LogP contribution in [0.4, 0.5) is 5.69 Å². The summed E-state index contributed by atoms with van der Waals surface area (Å²) in [5.74, 6) is -1.06. The zero-order valence-corrected chi connectivity index (χ0v) is 13.4. The molecular weight excluding hydrogens is 355 g/mol. The molecule has 0 amide bonds. The van der Waals surface area contributed by atoms with Gasteiger partial charge >= 0.3 is 0 Å². The fourth-order valence-corrected chi connectivity index (χ4v) is 2.43. The van der Waals surface area contributed by atoms with Crippen LogP contribution in [0.5, 0.6) is 5.75 Å². The number of nitrogens with zero attached hydrogens (tertiary/aromatic N) is 2. The van der Waals surface area contributed by atoms with Crippen molar-refractivity contribution in [2.45, 2.75) is 0 Å². The average Bonchev–Trinajstić information content (AvgIpc) is 2.56. The number of benzene rings is 2. The second-order valence-electron chi connectivity index (χ2n) is 4.63. The van der Waals surface area contributed by atoms with Crippen LogP contribution in [0.25, 0.3) is 6.08 Å². The van der Waals surface area contributed by atoms with Gasteiger partial charge in [0.15, 0.2) is 0 Å². The van der Waals surface area contributed by atoms with E-state index in [0.717, 1.165) is 12.1 Å². The van der Waals surface area contributed by atoms with Crippen molar-refractivity contribution in [3.8, 4) is 11.8 Å². The number of hydrogen-bond donors (Lipinski definition) is 1. The van der Waals surface area contributed by atoms with Crippen molar-refractivity contribution in [2.24, 2.45) is 0 Å². The summed E-state index contributed by atoms with van der Waals surface area (Å²) in [6.07, 6.45) is 1.12. The van der Waals surface area contributed by atoms with E-state index in [9.17, 15) is 25.3 Å². The van der Waals surface area contributed by atoms with E-state index < -0.39 is 10.7 Å². The Labute approximate surface area is 146 Å². The van der Waals surface area contributed by atoms with Gasteiger partial charge < -0.3 is 5.11 Å². The molecule has 1 N–H and O–H groups in total. The number of non-ortho nitro benzene ring substituents is 1. The molecule has 24 heavy (non-hydrogen) atoms. The molecule has 0 aromatic heterocycles. The summed E-state index contributed by atoms with van der Waals surface area (Å²) in [7, 11) is 0. The van der Waals surface area contributed by atoms with Gasteiger partial charge in [0.1, 0.15) is 17.4 Å². The number of nitriles is 1. The second-order valence-corrected chi connectivity index (χ2v) is 5.48. The monoisotopic (exact) mass is 362 g/mol.